The highest BCUT2D eigenvalue weighted by molar-refractivity contribution is 7.10. The molecule has 0 spiro atoms. The van der Waals surface area contributed by atoms with E-state index in [-0.39, 0.29) is 36.5 Å². The monoisotopic (exact) mass is 468 g/mol. The summed E-state index contributed by atoms with van der Waals surface area (Å²) in [6.45, 7) is 1.48. The number of carbonyl (C=O) groups excluding carboxylic acids is 3. The summed E-state index contributed by atoms with van der Waals surface area (Å²) < 4.78 is 10.5. The van der Waals surface area contributed by atoms with E-state index in [1.807, 2.05) is 5.38 Å². The SMILES string of the molecule is CCOC(=O)C1=C(COC(=O)Cc2n[nH]c(=O)c3ccccc23)NC(=O)N[C@H]1c1cccs1. The minimum atomic E-state index is -0.726. The van der Waals surface area contributed by atoms with Gasteiger partial charge in [0.2, 0.25) is 0 Å². The highest BCUT2D eigenvalue weighted by Gasteiger charge is 2.34. The molecule has 0 aliphatic carbocycles. The molecule has 2 aromatic heterocycles. The average Bonchev–Trinajstić information content (AvgIpc) is 3.34. The smallest absolute Gasteiger partial charge is 0.338 e. The molecular weight excluding hydrogens is 448 g/mol. The fraction of sp³-hybridized carbons (Fsp3) is 0.227. The van der Waals surface area contributed by atoms with Crippen molar-refractivity contribution in [3.05, 3.63) is 74.0 Å². The highest BCUT2D eigenvalue weighted by atomic mass is 32.1. The van der Waals surface area contributed by atoms with E-state index in [0.29, 0.717) is 16.5 Å². The van der Waals surface area contributed by atoms with Crippen molar-refractivity contribution in [2.75, 3.05) is 13.2 Å². The van der Waals surface area contributed by atoms with Gasteiger partial charge in [-0.1, -0.05) is 24.3 Å². The van der Waals surface area contributed by atoms with Crippen molar-refractivity contribution in [3.8, 4) is 0 Å². The third-order valence-electron chi connectivity index (χ3n) is 4.94. The van der Waals surface area contributed by atoms with Gasteiger partial charge in [0.1, 0.15) is 6.61 Å². The van der Waals surface area contributed by atoms with E-state index in [9.17, 15) is 19.2 Å². The summed E-state index contributed by atoms with van der Waals surface area (Å²) in [4.78, 5) is 50.1. The number of aromatic amines is 1. The quantitative estimate of drug-likeness (QED) is 0.450. The van der Waals surface area contributed by atoms with E-state index in [1.165, 1.54) is 11.3 Å². The normalized spacial score (nSPS) is 15.7. The molecule has 170 valence electrons. The molecule has 0 saturated heterocycles. The molecule has 0 unspecified atom stereocenters. The Hall–Kier alpha value is -3.99. The van der Waals surface area contributed by atoms with Gasteiger partial charge in [0.15, 0.2) is 0 Å². The van der Waals surface area contributed by atoms with Crippen LogP contribution >= 0.6 is 11.3 Å². The first-order valence-electron chi connectivity index (χ1n) is 10.1. The van der Waals surface area contributed by atoms with Crippen LogP contribution in [0.25, 0.3) is 10.8 Å². The second-order valence-corrected chi connectivity index (χ2v) is 8.02. The Bertz CT molecular complexity index is 1300. The van der Waals surface area contributed by atoms with Crippen molar-refractivity contribution in [3.63, 3.8) is 0 Å². The van der Waals surface area contributed by atoms with Gasteiger partial charge < -0.3 is 20.1 Å². The first kappa shape index (κ1) is 22.2. The number of aromatic nitrogens is 2. The van der Waals surface area contributed by atoms with Crippen molar-refractivity contribution in [1.82, 2.24) is 20.8 Å². The fourth-order valence-electron chi connectivity index (χ4n) is 3.50. The summed E-state index contributed by atoms with van der Waals surface area (Å²) in [5.74, 6) is -1.27. The first-order valence-corrected chi connectivity index (χ1v) is 11.0. The lowest BCUT2D eigenvalue weighted by atomic mass is 10.0. The van der Waals surface area contributed by atoms with Crippen molar-refractivity contribution in [2.24, 2.45) is 0 Å². The summed E-state index contributed by atoms with van der Waals surface area (Å²) >= 11 is 1.37. The molecule has 0 radical (unpaired) electrons. The van der Waals surface area contributed by atoms with Crippen LogP contribution in [0.3, 0.4) is 0 Å². The molecule has 1 aliphatic rings. The first-order chi connectivity index (χ1) is 16.0. The topological polar surface area (TPSA) is 139 Å². The average molecular weight is 468 g/mol. The molecule has 1 aliphatic heterocycles. The van der Waals surface area contributed by atoms with Gasteiger partial charge in [-0.25, -0.2) is 14.7 Å². The molecule has 3 aromatic rings. The van der Waals surface area contributed by atoms with Crippen LogP contribution < -0.4 is 16.2 Å². The summed E-state index contributed by atoms with van der Waals surface area (Å²) in [5, 5.41) is 14.4. The summed E-state index contributed by atoms with van der Waals surface area (Å²) in [5.41, 5.74) is 0.298. The molecular formula is C22H20N4O6S. The van der Waals surface area contributed by atoms with Gasteiger partial charge in [-0.2, -0.15) is 5.10 Å². The van der Waals surface area contributed by atoms with Gasteiger partial charge in [-0.3, -0.25) is 9.59 Å². The molecule has 10 nitrogen and oxygen atoms in total. The zero-order valence-electron chi connectivity index (χ0n) is 17.5. The second-order valence-electron chi connectivity index (χ2n) is 7.04. The van der Waals surface area contributed by atoms with Crippen molar-refractivity contribution < 1.29 is 23.9 Å². The van der Waals surface area contributed by atoms with Gasteiger partial charge in [0.25, 0.3) is 5.56 Å². The molecule has 1 atom stereocenters. The number of thiophene rings is 1. The van der Waals surface area contributed by atoms with Crippen LogP contribution in [0.2, 0.25) is 0 Å². The van der Waals surface area contributed by atoms with E-state index in [0.717, 1.165) is 4.88 Å². The van der Waals surface area contributed by atoms with E-state index in [1.54, 1.807) is 43.3 Å². The van der Waals surface area contributed by atoms with Gasteiger partial charge in [-0.15, -0.1) is 11.3 Å². The summed E-state index contributed by atoms with van der Waals surface area (Å²) in [7, 11) is 0. The van der Waals surface area contributed by atoms with Crippen LogP contribution in [0.4, 0.5) is 4.79 Å². The summed E-state index contributed by atoms with van der Waals surface area (Å²) in [6.07, 6.45) is -0.208. The molecule has 2 amide bonds. The van der Waals surface area contributed by atoms with E-state index in [4.69, 9.17) is 9.47 Å². The third-order valence-corrected chi connectivity index (χ3v) is 5.88. The Morgan fingerprint density at radius 3 is 2.61 bits per heavy atom. The Morgan fingerprint density at radius 2 is 1.88 bits per heavy atom. The maximum absolute atomic E-state index is 12.7. The molecule has 0 fully saturated rings. The Morgan fingerprint density at radius 1 is 1.09 bits per heavy atom. The molecule has 33 heavy (non-hydrogen) atoms. The molecule has 4 rings (SSSR count). The van der Waals surface area contributed by atoms with Crippen LogP contribution in [0, 0.1) is 0 Å². The lowest BCUT2D eigenvalue weighted by Gasteiger charge is -2.28. The molecule has 1 aromatic carbocycles. The minimum absolute atomic E-state index is 0.142. The molecule has 3 heterocycles. The number of rotatable bonds is 7. The number of nitrogens with zero attached hydrogens (tertiary/aromatic N) is 1. The number of carbonyl (C=O) groups is 3. The van der Waals surface area contributed by atoms with Crippen LogP contribution in [0.5, 0.6) is 0 Å². The molecule has 0 saturated carbocycles. The van der Waals surface area contributed by atoms with Crippen LogP contribution in [0.1, 0.15) is 23.5 Å². The van der Waals surface area contributed by atoms with Gasteiger partial charge >= 0.3 is 18.0 Å². The fourth-order valence-corrected chi connectivity index (χ4v) is 4.28. The van der Waals surface area contributed by atoms with Crippen molar-refractivity contribution in [1.29, 1.82) is 0 Å². The predicted octanol–water partition coefficient (Wildman–Crippen LogP) is 1.94. The van der Waals surface area contributed by atoms with Crippen molar-refractivity contribution >= 4 is 40.1 Å². The lowest BCUT2D eigenvalue weighted by Crippen LogP contribution is -2.47. The van der Waals surface area contributed by atoms with E-state index >= 15 is 0 Å². The number of hydrogen-bond acceptors (Lipinski definition) is 8. The Kier molecular flexibility index (Phi) is 6.50. The van der Waals surface area contributed by atoms with Crippen LogP contribution in [-0.4, -0.2) is 41.4 Å². The molecule has 0 bridgehead atoms. The zero-order valence-corrected chi connectivity index (χ0v) is 18.4. The molecule has 11 heteroatoms. The van der Waals surface area contributed by atoms with E-state index in [2.05, 4.69) is 20.8 Å². The number of H-pyrrole nitrogens is 1. The van der Waals surface area contributed by atoms with Crippen LogP contribution in [-0.2, 0) is 25.5 Å². The number of nitrogens with one attached hydrogen (secondary N) is 3. The number of ether oxygens (including phenoxy) is 2. The predicted molar refractivity (Wildman–Crippen MR) is 119 cm³/mol. The van der Waals surface area contributed by atoms with Gasteiger partial charge in [0.05, 0.1) is 41.4 Å². The number of esters is 2. The lowest BCUT2D eigenvalue weighted by molar-refractivity contribution is -0.143. The van der Waals surface area contributed by atoms with E-state index < -0.39 is 24.0 Å². The van der Waals surface area contributed by atoms with Gasteiger partial charge in [-0.05, 0) is 24.4 Å². The van der Waals surface area contributed by atoms with Crippen molar-refractivity contribution in [2.45, 2.75) is 19.4 Å². The maximum atomic E-state index is 12.7. The maximum Gasteiger partial charge on any atom is 0.338 e. The Labute approximate surface area is 191 Å². The molecule has 3 N–H and O–H groups in total. The van der Waals surface area contributed by atoms with Gasteiger partial charge in [0, 0.05) is 10.3 Å². The Balaban J connectivity index is 1.57. The summed E-state index contributed by atoms with van der Waals surface area (Å²) in [6, 6.07) is 9.12. The standard InChI is InChI=1S/C22H20N4O6S/c1-2-31-21(29)18-15(23-22(30)24-19(18)16-8-5-9-33-16)11-32-17(27)10-14-12-6-3-4-7-13(12)20(28)26-25-14/h3-9,19H,2,10-11H2,1H3,(H,26,28)(H2,23,24,30)/t19-/m0/s1. The number of benzene rings is 1. The number of urea groups is 1. The zero-order chi connectivity index (χ0) is 23.4. The number of amides is 2. The highest BCUT2D eigenvalue weighted by Crippen LogP contribution is 2.30. The second kappa shape index (κ2) is 9.65. The largest absolute Gasteiger partial charge is 0.463 e. The minimum Gasteiger partial charge on any atom is -0.463 e. The number of fused-ring (bicyclic) bond motifs is 1. The number of hydrogen-bond donors (Lipinski definition) is 3. The third kappa shape index (κ3) is 4.77. The van der Waals surface area contributed by atoms with Crippen LogP contribution in [0.15, 0.2) is 57.8 Å².